The van der Waals surface area contributed by atoms with Crippen molar-refractivity contribution in [3.63, 3.8) is 0 Å². The summed E-state index contributed by atoms with van der Waals surface area (Å²) in [6, 6.07) is 0. The summed E-state index contributed by atoms with van der Waals surface area (Å²) in [4.78, 5) is 0. The Labute approximate surface area is 93.4 Å². The minimum Gasteiger partial charge on any atom is -0.386 e. The van der Waals surface area contributed by atoms with Crippen molar-refractivity contribution in [2.45, 2.75) is 34.1 Å². The average Bonchev–Trinajstić information content (AvgIpc) is 2.13. The third-order valence-electron chi connectivity index (χ3n) is 2.21. The molecular formula is C12H24N2O. The highest BCUT2D eigenvalue weighted by Crippen LogP contribution is 2.14. The molecule has 0 radical (unpaired) electrons. The van der Waals surface area contributed by atoms with Crippen LogP contribution in [0.5, 0.6) is 0 Å². The second kappa shape index (κ2) is 7.46. The van der Waals surface area contributed by atoms with Gasteiger partial charge in [-0.1, -0.05) is 13.8 Å². The third-order valence-corrected chi connectivity index (χ3v) is 2.21. The van der Waals surface area contributed by atoms with Gasteiger partial charge in [-0.15, -0.1) is 0 Å². The summed E-state index contributed by atoms with van der Waals surface area (Å²) in [5, 5.41) is 11.0. The van der Waals surface area contributed by atoms with Gasteiger partial charge in [0.1, 0.15) is 0 Å². The lowest BCUT2D eigenvalue weighted by atomic mass is 9.98. The fourth-order valence-corrected chi connectivity index (χ4v) is 1.44. The molecule has 0 bridgehead atoms. The Morgan fingerprint density at radius 2 is 1.93 bits per heavy atom. The largest absolute Gasteiger partial charge is 0.386 e. The zero-order chi connectivity index (χ0) is 11.8. The normalized spacial score (nSPS) is 12.7. The molecule has 0 unspecified atom stereocenters. The van der Waals surface area contributed by atoms with Crippen LogP contribution >= 0.6 is 0 Å². The van der Waals surface area contributed by atoms with E-state index in [4.69, 9.17) is 10.1 Å². The minimum absolute atomic E-state index is 0.583. The molecule has 3 nitrogen and oxygen atoms in total. The third kappa shape index (κ3) is 6.28. The Hall–Kier alpha value is -0.830. The predicted molar refractivity (Wildman–Crippen MR) is 65.4 cm³/mol. The molecule has 0 aromatic carbocycles. The van der Waals surface area contributed by atoms with Crippen LogP contribution in [0.3, 0.4) is 0 Å². The monoisotopic (exact) mass is 212 g/mol. The summed E-state index contributed by atoms with van der Waals surface area (Å²) in [5.41, 5.74) is 2.89. The van der Waals surface area contributed by atoms with Gasteiger partial charge in [0.15, 0.2) is 0 Å². The molecule has 88 valence electrons. The van der Waals surface area contributed by atoms with Gasteiger partial charge in [0.05, 0.1) is 6.61 Å². The number of methoxy groups -OCH3 is 1. The van der Waals surface area contributed by atoms with E-state index in [1.807, 2.05) is 13.8 Å². The first kappa shape index (κ1) is 14.2. The molecule has 0 aliphatic heterocycles. The summed E-state index contributed by atoms with van der Waals surface area (Å²) in [6.45, 7) is 9.72. The highest BCUT2D eigenvalue weighted by molar-refractivity contribution is 5.96. The molecule has 0 fully saturated rings. The van der Waals surface area contributed by atoms with E-state index in [2.05, 4.69) is 19.2 Å². The molecule has 0 spiro atoms. The van der Waals surface area contributed by atoms with E-state index in [1.54, 1.807) is 7.11 Å². The highest BCUT2D eigenvalue weighted by atomic mass is 16.5. The maximum Gasteiger partial charge on any atom is 0.0635 e. The van der Waals surface area contributed by atoms with Gasteiger partial charge in [-0.3, -0.25) is 0 Å². The topological polar surface area (TPSA) is 45.1 Å². The van der Waals surface area contributed by atoms with Crippen LogP contribution in [-0.2, 0) is 4.74 Å². The molecule has 2 N–H and O–H groups in total. The summed E-state index contributed by atoms with van der Waals surface area (Å²) in [5.74, 6) is 0.583. The van der Waals surface area contributed by atoms with Crippen LogP contribution < -0.4 is 5.32 Å². The molecular weight excluding hydrogens is 188 g/mol. The molecule has 0 saturated carbocycles. The van der Waals surface area contributed by atoms with E-state index in [0.717, 1.165) is 24.2 Å². The summed E-state index contributed by atoms with van der Waals surface area (Å²) >= 11 is 0. The highest BCUT2D eigenvalue weighted by Gasteiger charge is 2.07. The van der Waals surface area contributed by atoms with Gasteiger partial charge in [0, 0.05) is 25.1 Å². The van der Waals surface area contributed by atoms with Crippen molar-refractivity contribution in [2.75, 3.05) is 20.3 Å². The fourth-order valence-electron chi connectivity index (χ4n) is 1.44. The minimum atomic E-state index is 0.583. The van der Waals surface area contributed by atoms with Crippen molar-refractivity contribution in [3.8, 4) is 0 Å². The molecule has 15 heavy (non-hydrogen) atoms. The lowest BCUT2D eigenvalue weighted by Crippen LogP contribution is -2.20. The second-order valence-electron chi connectivity index (χ2n) is 4.25. The molecule has 0 saturated heterocycles. The van der Waals surface area contributed by atoms with Crippen LogP contribution in [0.4, 0.5) is 0 Å². The smallest absolute Gasteiger partial charge is 0.0635 e. The average molecular weight is 212 g/mol. The second-order valence-corrected chi connectivity index (χ2v) is 4.25. The maximum absolute atomic E-state index is 7.73. The first-order valence-electron chi connectivity index (χ1n) is 5.47. The molecule has 0 aromatic rings. The SMILES string of the molecule is COCCN/C(C)=C(/CC(C)C)C(C)=N. The van der Waals surface area contributed by atoms with Gasteiger partial charge in [-0.25, -0.2) is 0 Å². The van der Waals surface area contributed by atoms with Crippen LogP contribution in [0.2, 0.25) is 0 Å². The Morgan fingerprint density at radius 1 is 1.33 bits per heavy atom. The van der Waals surface area contributed by atoms with Crippen molar-refractivity contribution in [2.24, 2.45) is 5.92 Å². The number of ether oxygens (including phenoxy) is 1. The van der Waals surface area contributed by atoms with Gasteiger partial charge in [0.2, 0.25) is 0 Å². The first-order chi connectivity index (χ1) is 6.99. The van der Waals surface area contributed by atoms with Gasteiger partial charge in [-0.2, -0.15) is 0 Å². The zero-order valence-corrected chi connectivity index (χ0v) is 10.6. The predicted octanol–water partition coefficient (Wildman–Crippen LogP) is 2.58. The van der Waals surface area contributed by atoms with Crippen LogP contribution in [0, 0.1) is 11.3 Å². The molecule has 0 rings (SSSR count). The number of nitrogens with one attached hydrogen (secondary N) is 2. The van der Waals surface area contributed by atoms with Crippen LogP contribution in [-0.4, -0.2) is 26.0 Å². The van der Waals surface area contributed by atoms with Gasteiger partial charge >= 0.3 is 0 Å². The fraction of sp³-hybridized carbons (Fsp3) is 0.750. The van der Waals surface area contributed by atoms with Gasteiger partial charge in [0.25, 0.3) is 0 Å². The number of hydrogen-bond acceptors (Lipinski definition) is 3. The Balaban J connectivity index is 4.40. The quantitative estimate of drug-likeness (QED) is 0.503. The number of allylic oxidation sites excluding steroid dienone is 2. The lowest BCUT2D eigenvalue weighted by Gasteiger charge is -2.15. The van der Waals surface area contributed by atoms with Crippen molar-refractivity contribution < 1.29 is 4.74 Å². The molecule has 0 heterocycles. The molecule has 0 aliphatic rings. The van der Waals surface area contributed by atoms with Gasteiger partial charge < -0.3 is 15.5 Å². The van der Waals surface area contributed by atoms with E-state index >= 15 is 0 Å². The van der Waals surface area contributed by atoms with Crippen molar-refractivity contribution in [3.05, 3.63) is 11.3 Å². The Bertz CT molecular complexity index is 232. The number of rotatable bonds is 7. The van der Waals surface area contributed by atoms with Crippen molar-refractivity contribution in [1.29, 1.82) is 5.41 Å². The van der Waals surface area contributed by atoms with E-state index in [1.165, 1.54) is 0 Å². The Morgan fingerprint density at radius 3 is 2.33 bits per heavy atom. The van der Waals surface area contributed by atoms with Crippen molar-refractivity contribution in [1.82, 2.24) is 5.32 Å². The van der Waals surface area contributed by atoms with Gasteiger partial charge in [-0.05, 0) is 31.8 Å². The van der Waals surface area contributed by atoms with E-state index in [9.17, 15) is 0 Å². The summed E-state index contributed by atoms with van der Waals surface area (Å²) < 4.78 is 4.97. The standard InChI is InChI=1S/C12H24N2O/c1-9(2)8-12(10(3)13)11(4)14-6-7-15-5/h9,13-14H,6-8H2,1-5H3/b12-11-,13-10?. The molecule has 0 aliphatic carbocycles. The summed E-state index contributed by atoms with van der Waals surface area (Å²) in [6.07, 6.45) is 0.959. The molecule has 0 amide bonds. The van der Waals surface area contributed by atoms with E-state index < -0.39 is 0 Å². The first-order valence-corrected chi connectivity index (χ1v) is 5.47. The van der Waals surface area contributed by atoms with Crippen LogP contribution in [0.1, 0.15) is 34.1 Å². The van der Waals surface area contributed by atoms with Crippen molar-refractivity contribution >= 4 is 5.71 Å². The molecule has 0 aromatic heterocycles. The molecule has 3 heteroatoms. The summed E-state index contributed by atoms with van der Waals surface area (Å²) in [7, 11) is 1.69. The van der Waals surface area contributed by atoms with Crippen LogP contribution in [0.15, 0.2) is 11.3 Å². The van der Waals surface area contributed by atoms with E-state index in [0.29, 0.717) is 18.2 Å². The van der Waals surface area contributed by atoms with Crippen LogP contribution in [0.25, 0.3) is 0 Å². The number of hydrogen-bond donors (Lipinski definition) is 2. The lowest BCUT2D eigenvalue weighted by molar-refractivity contribution is 0.202. The van der Waals surface area contributed by atoms with E-state index in [-0.39, 0.29) is 0 Å². The Kier molecular flexibility index (Phi) is 7.05. The maximum atomic E-state index is 7.73. The molecule has 0 atom stereocenters. The zero-order valence-electron chi connectivity index (χ0n) is 10.6.